The van der Waals surface area contributed by atoms with Crippen LogP contribution in [0, 0.1) is 24.7 Å². The van der Waals surface area contributed by atoms with Gasteiger partial charge in [0.15, 0.2) is 0 Å². The molecule has 2 N–H and O–H groups in total. The van der Waals surface area contributed by atoms with Gasteiger partial charge < -0.3 is 10.4 Å². The van der Waals surface area contributed by atoms with Crippen LogP contribution in [0.1, 0.15) is 30.4 Å². The second kappa shape index (κ2) is 5.70. The molecule has 0 aliphatic heterocycles. The van der Waals surface area contributed by atoms with E-state index in [1.54, 1.807) is 0 Å². The molecule has 0 bridgehead atoms. The molecule has 1 aromatic carbocycles. The monoisotopic (exact) mass is 243 g/mol. The van der Waals surface area contributed by atoms with E-state index in [1.165, 1.54) is 12.8 Å². The van der Waals surface area contributed by atoms with E-state index in [4.69, 9.17) is 5.11 Å². The topological polar surface area (TPSA) is 49.3 Å². The Balaban J connectivity index is 2.12. The maximum absolute atomic E-state index is 11.8. The van der Waals surface area contributed by atoms with Gasteiger partial charge in [-0.3, -0.25) is 4.79 Å². The normalized spacial score (nSPS) is 13.7. The van der Waals surface area contributed by atoms with Crippen LogP contribution in [0.25, 0.3) is 0 Å². The molecule has 0 heterocycles. The van der Waals surface area contributed by atoms with Gasteiger partial charge in [-0.2, -0.15) is 0 Å². The minimum atomic E-state index is -0.177. The van der Waals surface area contributed by atoms with Gasteiger partial charge in [-0.1, -0.05) is 17.9 Å². The number of hydrogen-bond acceptors (Lipinski definition) is 2. The Labute approximate surface area is 107 Å². The summed E-state index contributed by atoms with van der Waals surface area (Å²) in [6.45, 7) is 1.79. The molecule has 3 nitrogen and oxygen atoms in total. The van der Waals surface area contributed by atoms with E-state index in [-0.39, 0.29) is 12.5 Å². The third-order valence-electron chi connectivity index (χ3n) is 2.92. The fourth-order valence-corrected chi connectivity index (χ4v) is 1.79. The molecule has 0 spiro atoms. The van der Waals surface area contributed by atoms with Crippen LogP contribution in [-0.4, -0.2) is 17.6 Å². The highest BCUT2D eigenvalue weighted by Gasteiger charge is 2.24. The van der Waals surface area contributed by atoms with E-state index in [0.717, 1.165) is 16.8 Å². The van der Waals surface area contributed by atoms with E-state index in [2.05, 4.69) is 17.2 Å². The molecule has 1 fully saturated rings. The van der Waals surface area contributed by atoms with Crippen molar-refractivity contribution in [3.63, 3.8) is 0 Å². The first kappa shape index (κ1) is 12.7. The van der Waals surface area contributed by atoms with Crippen molar-refractivity contribution in [2.75, 3.05) is 11.9 Å². The lowest BCUT2D eigenvalue weighted by molar-refractivity contribution is -0.116. The van der Waals surface area contributed by atoms with Crippen molar-refractivity contribution in [1.82, 2.24) is 0 Å². The summed E-state index contributed by atoms with van der Waals surface area (Å²) in [7, 11) is 0. The van der Waals surface area contributed by atoms with Crippen molar-refractivity contribution in [1.29, 1.82) is 0 Å². The highest BCUT2D eigenvalue weighted by molar-refractivity contribution is 5.92. The number of amides is 1. The Hall–Kier alpha value is -1.79. The summed E-state index contributed by atoms with van der Waals surface area (Å²) in [5, 5.41) is 11.6. The minimum absolute atomic E-state index is 0.0511. The molecule has 1 aromatic rings. The summed E-state index contributed by atoms with van der Waals surface area (Å²) in [4.78, 5) is 11.8. The fourth-order valence-electron chi connectivity index (χ4n) is 1.79. The van der Waals surface area contributed by atoms with Crippen molar-refractivity contribution in [3.05, 3.63) is 29.3 Å². The van der Waals surface area contributed by atoms with Crippen molar-refractivity contribution < 1.29 is 9.90 Å². The number of rotatable bonds is 3. The van der Waals surface area contributed by atoms with Gasteiger partial charge >= 0.3 is 0 Å². The van der Waals surface area contributed by atoms with Crippen LogP contribution in [0.4, 0.5) is 5.69 Å². The number of carbonyl (C=O) groups excluding carboxylic acids is 1. The molecule has 18 heavy (non-hydrogen) atoms. The number of benzene rings is 1. The van der Waals surface area contributed by atoms with Crippen LogP contribution >= 0.6 is 0 Å². The lowest BCUT2D eigenvalue weighted by atomic mass is 10.1. The molecule has 0 radical (unpaired) electrons. The summed E-state index contributed by atoms with van der Waals surface area (Å²) < 4.78 is 0. The van der Waals surface area contributed by atoms with Gasteiger partial charge in [0.1, 0.15) is 6.61 Å². The lowest BCUT2D eigenvalue weighted by Crippen LogP contribution is -2.13. The van der Waals surface area contributed by atoms with Gasteiger partial charge in [0.2, 0.25) is 5.91 Å². The second-order valence-electron chi connectivity index (χ2n) is 4.70. The van der Waals surface area contributed by atoms with Crippen molar-refractivity contribution in [2.24, 2.45) is 5.92 Å². The number of aliphatic hydroxyl groups is 1. The molecule has 1 aliphatic rings. The van der Waals surface area contributed by atoms with Crippen molar-refractivity contribution in [2.45, 2.75) is 26.2 Å². The Bertz CT molecular complexity index is 507. The molecular weight excluding hydrogens is 226 g/mol. The number of hydrogen-bond donors (Lipinski definition) is 2. The average Bonchev–Trinajstić information content (AvgIpc) is 3.12. The van der Waals surface area contributed by atoms with E-state index in [0.29, 0.717) is 12.3 Å². The molecule has 2 rings (SSSR count). The van der Waals surface area contributed by atoms with E-state index >= 15 is 0 Å². The molecular formula is C15H17NO2. The van der Waals surface area contributed by atoms with Crippen molar-refractivity contribution >= 4 is 11.6 Å². The third kappa shape index (κ3) is 3.61. The van der Waals surface area contributed by atoms with Crippen LogP contribution in [0.3, 0.4) is 0 Å². The van der Waals surface area contributed by atoms with Gasteiger partial charge in [0.25, 0.3) is 0 Å². The standard InChI is InChI=1S/C15H17NO2/c1-11-4-7-13(3-2-8-17)14(9-11)16-15(18)10-12-5-6-12/h4,7,9,12,17H,5-6,8,10H2,1H3,(H,16,18). The smallest absolute Gasteiger partial charge is 0.224 e. The summed E-state index contributed by atoms with van der Waals surface area (Å²) in [6.07, 6.45) is 2.93. The zero-order chi connectivity index (χ0) is 13.0. The number of nitrogens with one attached hydrogen (secondary N) is 1. The van der Waals surface area contributed by atoms with E-state index in [1.807, 2.05) is 25.1 Å². The first-order valence-corrected chi connectivity index (χ1v) is 6.19. The maximum Gasteiger partial charge on any atom is 0.224 e. The molecule has 0 atom stereocenters. The predicted molar refractivity (Wildman–Crippen MR) is 71.1 cm³/mol. The van der Waals surface area contributed by atoms with Gasteiger partial charge in [0.05, 0.1) is 5.69 Å². The molecule has 1 amide bonds. The van der Waals surface area contributed by atoms with Crippen molar-refractivity contribution in [3.8, 4) is 11.8 Å². The minimum Gasteiger partial charge on any atom is -0.384 e. The molecule has 0 unspecified atom stereocenters. The van der Waals surface area contributed by atoms with E-state index < -0.39 is 0 Å². The van der Waals surface area contributed by atoms with Crippen LogP contribution in [0.15, 0.2) is 18.2 Å². The molecule has 0 saturated heterocycles. The Morgan fingerprint density at radius 2 is 2.28 bits per heavy atom. The number of anilines is 1. The summed E-state index contributed by atoms with van der Waals surface area (Å²) >= 11 is 0. The molecule has 1 aliphatic carbocycles. The van der Waals surface area contributed by atoms with Gasteiger partial charge in [-0.15, -0.1) is 0 Å². The lowest BCUT2D eigenvalue weighted by Gasteiger charge is -2.08. The zero-order valence-electron chi connectivity index (χ0n) is 10.5. The Kier molecular flexibility index (Phi) is 4.01. The summed E-state index contributed by atoms with van der Waals surface area (Å²) in [5.41, 5.74) is 2.56. The average molecular weight is 243 g/mol. The quantitative estimate of drug-likeness (QED) is 0.798. The summed E-state index contributed by atoms with van der Waals surface area (Å²) in [6, 6.07) is 5.72. The highest BCUT2D eigenvalue weighted by atomic mass is 16.2. The Morgan fingerprint density at radius 1 is 1.50 bits per heavy atom. The summed E-state index contributed by atoms with van der Waals surface area (Å²) in [5.74, 6) is 6.08. The van der Waals surface area contributed by atoms with Crippen LogP contribution < -0.4 is 5.32 Å². The van der Waals surface area contributed by atoms with Gasteiger partial charge in [-0.25, -0.2) is 0 Å². The zero-order valence-corrected chi connectivity index (χ0v) is 10.5. The first-order valence-electron chi connectivity index (χ1n) is 6.19. The largest absolute Gasteiger partial charge is 0.384 e. The van der Waals surface area contributed by atoms with Crippen LogP contribution in [0.5, 0.6) is 0 Å². The first-order chi connectivity index (χ1) is 8.69. The van der Waals surface area contributed by atoms with Gasteiger partial charge in [-0.05, 0) is 43.4 Å². The molecule has 3 heteroatoms. The SMILES string of the molecule is Cc1ccc(C#CCO)c(NC(=O)CC2CC2)c1. The number of carbonyl (C=O) groups is 1. The Morgan fingerprint density at radius 3 is 2.94 bits per heavy atom. The fraction of sp³-hybridized carbons (Fsp3) is 0.400. The van der Waals surface area contributed by atoms with E-state index in [9.17, 15) is 4.79 Å². The van der Waals surface area contributed by atoms with Crippen LogP contribution in [-0.2, 0) is 4.79 Å². The molecule has 94 valence electrons. The molecule has 0 aromatic heterocycles. The maximum atomic E-state index is 11.8. The number of aliphatic hydroxyl groups excluding tert-OH is 1. The second-order valence-corrected chi connectivity index (χ2v) is 4.70. The van der Waals surface area contributed by atoms with Crippen LogP contribution in [0.2, 0.25) is 0 Å². The number of aryl methyl sites for hydroxylation is 1. The predicted octanol–water partition coefficient (Wildman–Crippen LogP) is 2.08. The highest BCUT2D eigenvalue weighted by Crippen LogP contribution is 2.32. The van der Waals surface area contributed by atoms with Gasteiger partial charge in [0, 0.05) is 12.0 Å². The third-order valence-corrected chi connectivity index (χ3v) is 2.92. The molecule has 1 saturated carbocycles.